The van der Waals surface area contributed by atoms with Crippen molar-refractivity contribution in [2.24, 2.45) is 5.10 Å². The Morgan fingerprint density at radius 2 is 2.14 bits per heavy atom. The van der Waals surface area contributed by atoms with Crippen LogP contribution < -0.4 is 5.43 Å². The molecule has 0 aliphatic carbocycles. The topological polar surface area (TPSA) is 87.5 Å². The standard InChI is InChI=1S/C12H10Br2N4O2S2/c1-6-16-18-12(22-6)21-5-10(19)17-15-4-7-2-8(13)11(20)9(14)3-7/h2-4,20H,5H2,1H3,(H,17,19)/b15-4-. The molecule has 1 amide bonds. The minimum Gasteiger partial charge on any atom is -0.506 e. The number of benzene rings is 1. The second kappa shape index (κ2) is 8.04. The number of phenols is 1. The van der Waals surface area contributed by atoms with Crippen molar-refractivity contribution in [2.45, 2.75) is 11.3 Å². The van der Waals surface area contributed by atoms with Gasteiger partial charge in [-0.2, -0.15) is 5.10 Å². The molecule has 10 heteroatoms. The molecule has 1 heterocycles. The van der Waals surface area contributed by atoms with Crippen molar-refractivity contribution >= 4 is 67.1 Å². The molecular weight excluding hydrogens is 456 g/mol. The molecule has 0 atom stereocenters. The Morgan fingerprint density at radius 1 is 1.45 bits per heavy atom. The number of aromatic nitrogens is 2. The van der Waals surface area contributed by atoms with E-state index in [2.05, 4.69) is 52.6 Å². The van der Waals surface area contributed by atoms with Crippen LogP contribution >= 0.6 is 55.0 Å². The highest BCUT2D eigenvalue weighted by atomic mass is 79.9. The van der Waals surface area contributed by atoms with Gasteiger partial charge in [0.1, 0.15) is 10.8 Å². The van der Waals surface area contributed by atoms with Crippen molar-refractivity contribution in [3.63, 3.8) is 0 Å². The molecule has 2 rings (SSSR count). The summed E-state index contributed by atoms with van der Waals surface area (Å²) in [5.41, 5.74) is 3.16. The monoisotopic (exact) mass is 464 g/mol. The van der Waals surface area contributed by atoms with Crippen LogP contribution in [-0.2, 0) is 4.79 Å². The van der Waals surface area contributed by atoms with Crippen molar-refractivity contribution in [3.05, 3.63) is 31.6 Å². The van der Waals surface area contributed by atoms with Gasteiger partial charge < -0.3 is 5.11 Å². The number of amides is 1. The molecule has 0 saturated heterocycles. The molecule has 6 nitrogen and oxygen atoms in total. The van der Waals surface area contributed by atoms with Gasteiger partial charge in [-0.25, -0.2) is 5.43 Å². The van der Waals surface area contributed by atoms with Crippen LogP contribution in [0, 0.1) is 6.92 Å². The van der Waals surface area contributed by atoms with E-state index in [9.17, 15) is 9.90 Å². The number of thioether (sulfide) groups is 1. The number of rotatable bonds is 5. The fraction of sp³-hybridized carbons (Fsp3) is 0.167. The predicted octanol–water partition coefficient (Wildman–Crippen LogP) is 3.32. The number of aryl methyl sites for hydroxylation is 1. The van der Waals surface area contributed by atoms with Gasteiger partial charge in [0.05, 0.1) is 20.9 Å². The molecule has 0 aliphatic rings. The molecule has 0 aliphatic heterocycles. The molecule has 22 heavy (non-hydrogen) atoms. The summed E-state index contributed by atoms with van der Waals surface area (Å²) >= 11 is 9.21. The maximum Gasteiger partial charge on any atom is 0.250 e. The van der Waals surface area contributed by atoms with Crippen molar-refractivity contribution < 1.29 is 9.90 Å². The molecule has 0 bridgehead atoms. The van der Waals surface area contributed by atoms with Crippen LogP contribution in [0.3, 0.4) is 0 Å². The number of carbonyl (C=O) groups excluding carboxylic acids is 1. The molecule has 0 saturated carbocycles. The Hall–Kier alpha value is -0.970. The molecule has 1 aromatic heterocycles. The third kappa shape index (κ3) is 5.04. The molecule has 0 radical (unpaired) electrons. The zero-order valence-electron chi connectivity index (χ0n) is 11.2. The average Bonchev–Trinajstić information content (AvgIpc) is 2.88. The highest BCUT2D eigenvalue weighted by Gasteiger charge is 2.06. The van der Waals surface area contributed by atoms with Crippen LogP contribution in [0.5, 0.6) is 5.75 Å². The van der Waals surface area contributed by atoms with Gasteiger partial charge in [0, 0.05) is 0 Å². The number of nitrogens with one attached hydrogen (secondary N) is 1. The summed E-state index contributed by atoms with van der Waals surface area (Å²) in [5.74, 6) is 0.102. The Bertz CT molecular complexity index is 698. The number of carbonyl (C=O) groups is 1. The van der Waals surface area contributed by atoms with E-state index < -0.39 is 0 Å². The number of hydrazone groups is 1. The van der Waals surface area contributed by atoms with E-state index in [1.54, 1.807) is 12.1 Å². The third-order valence-corrected chi connectivity index (χ3v) is 5.46. The van der Waals surface area contributed by atoms with Gasteiger partial charge in [-0.1, -0.05) is 23.1 Å². The van der Waals surface area contributed by atoms with Gasteiger partial charge in [-0.15, -0.1) is 10.2 Å². The van der Waals surface area contributed by atoms with Crippen molar-refractivity contribution in [1.29, 1.82) is 0 Å². The first-order chi connectivity index (χ1) is 10.5. The van der Waals surface area contributed by atoms with E-state index in [1.807, 2.05) is 6.92 Å². The summed E-state index contributed by atoms with van der Waals surface area (Å²) < 4.78 is 1.83. The lowest BCUT2D eigenvalue weighted by molar-refractivity contribution is -0.118. The molecule has 2 aromatic rings. The van der Waals surface area contributed by atoms with Gasteiger partial charge in [0.2, 0.25) is 0 Å². The largest absolute Gasteiger partial charge is 0.506 e. The summed E-state index contributed by atoms with van der Waals surface area (Å²) in [6, 6.07) is 3.38. The highest BCUT2D eigenvalue weighted by molar-refractivity contribution is 9.11. The summed E-state index contributed by atoms with van der Waals surface area (Å²) in [6.45, 7) is 1.86. The maximum atomic E-state index is 11.7. The second-order valence-corrected chi connectivity index (χ2v) is 8.11. The summed E-state index contributed by atoms with van der Waals surface area (Å²) in [4.78, 5) is 11.7. The van der Waals surface area contributed by atoms with Crippen LogP contribution in [-0.4, -0.2) is 33.2 Å². The first-order valence-electron chi connectivity index (χ1n) is 5.88. The number of hydrogen-bond acceptors (Lipinski definition) is 7. The number of nitrogens with zero attached hydrogens (tertiary/aromatic N) is 3. The van der Waals surface area contributed by atoms with Gasteiger partial charge in [-0.3, -0.25) is 4.79 Å². The molecule has 0 spiro atoms. The van der Waals surface area contributed by atoms with Crippen LogP contribution in [0.25, 0.3) is 0 Å². The Balaban J connectivity index is 1.85. The Kier molecular flexibility index (Phi) is 6.36. The molecule has 1 aromatic carbocycles. The molecule has 0 fully saturated rings. The molecular formula is C12H10Br2N4O2S2. The van der Waals surface area contributed by atoms with Gasteiger partial charge in [0.25, 0.3) is 5.91 Å². The van der Waals surface area contributed by atoms with E-state index in [0.717, 1.165) is 14.9 Å². The summed E-state index contributed by atoms with van der Waals surface area (Å²) in [6.07, 6.45) is 1.49. The first-order valence-corrected chi connectivity index (χ1v) is 9.27. The smallest absolute Gasteiger partial charge is 0.250 e. The fourth-order valence-electron chi connectivity index (χ4n) is 1.33. The van der Waals surface area contributed by atoms with Gasteiger partial charge in [0.15, 0.2) is 4.34 Å². The van der Waals surface area contributed by atoms with Gasteiger partial charge >= 0.3 is 0 Å². The normalized spacial score (nSPS) is 11.0. The SMILES string of the molecule is Cc1nnc(SCC(=O)N/N=C\c2cc(Br)c(O)c(Br)c2)s1. The van der Waals surface area contributed by atoms with Gasteiger partial charge in [-0.05, 0) is 56.5 Å². The average molecular weight is 466 g/mol. The second-order valence-electron chi connectivity index (χ2n) is 4.00. The van der Waals surface area contributed by atoms with Crippen LogP contribution in [0.2, 0.25) is 0 Å². The van der Waals surface area contributed by atoms with Crippen molar-refractivity contribution in [3.8, 4) is 5.75 Å². The number of aromatic hydroxyl groups is 1. The zero-order valence-corrected chi connectivity index (χ0v) is 16.0. The van der Waals surface area contributed by atoms with Crippen molar-refractivity contribution in [2.75, 3.05) is 5.75 Å². The van der Waals surface area contributed by atoms with E-state index in [0.29, 0.717) is 8.95 Å². The molecule has 2 N–H and O–H groups in total. The third-order valence-electron chi connectivity index (χ3n) is 2.28. The van der Waals surface area contributed by atoms with Crippen LogP contribution in [0.1, 0.15) is 10.6 Å². The predicted molar refractivity (Wildman–Crippen MR) is 94.6 cm³/mol. The van der Waals surface area contributed by atoms with Crippen molar-refractivity contribution in [1.82, 2.24) is 15.6 Å². The van der Waals surface area contributed by atoms with E-state index in [-0.39, 0.29) is 17.4 Å². The summed E-state index contributed by atoms with van der Waals surface area (Å²) in [5, 5.41) is 22.1. The first kappa shape index (κ1) is 17.4. The van der Waals surface area contributed by atoms with Crippen LogP contribution in [0.15, 0.2) is 30.5 Å². The molecule has 0 unspecified atom stereocenters. The quantitative estimate of drug-likeness (QED) is 0.401. The summed E-state index contributed by atoms with van der Waals surface area (Å²) in [7, 11) is 0. The van der Waals surface area contributed by atoms with Crippen LogP contribution in [0.4, 0.5) is 0 Å². The van der Waals surface area contributed by atoms with E-state index in [1.165, 1.54) is 29.3 Å². The molecule has 116 valence electrons. The lowest BCUT2D eigenvalue weighted by atomic mass is 10.2. The number of halogens is 2. The fourth-order valence-corrected chi connectivity index (χ4v) is 4.16. The zero-order chi connectivity index (χ0) is 16.1. The Labute approximate surface area is 151 Å². The minimum atomic E-state index is -0.231. The number of hydrogen-bond donors (Lipinski definition) is 2. The minimum absolute atomic E-state index is 0.116. The van der Waals surface area contributed by atoms with E-state index in [4.69, 9.17) is 0 Å². The highest BCUT2D eigenvalue weighted by Crippen LogP contribution is 2.32. The lowest BCUT2D eigenvalue weighted by Gasteiger charge is -2.02. The number of phenolic OH excluding ortho intramolecular Hbond substituents is 1. The Morgan fingerprint density at radius 3 is 2.73 bits per heavy atom. The lowest BCUT2D eigenvalue weighted by Crippen LogP contribution is -2.19. The maximum absolute atomic E-state index is 11.7. The van der Waals surface area contributed by atoms with E-state index >= 15 is 0 Å².